The van der Waals surface area contributed by atoms with E-state index in [4.69, 9.17) is 4.74 Å². The molecule has 0 fully saturated rings. The summed E-state index contributed by atoms with van der Waals surface area (Å²) in [4.78, 5) is 4.51. The first kappa shape index (κ1) is 20.3. The molecule has 0 radical (unpaired) electrons. The van der Waals surface area contributed by atoms with Crippen LogP contribution in [-0.4, -0.2) is 37.3 Å². The molecule has 0 aliphatic carbocycles. The Labute approximate surface area is 146 Å². The van der Waals surface area contributed by atoms with Crippen LogP contribution in [0.15, 0.2) is 29.3 Å². The first-order valence-corrected chi connectivity index (χ1v) is 8.97. The number of nitrogens with zero attached hydrogens (tertiary/aromatic N) is 1. The number of guanidine groups is 1. The molecule has 0 heterocycles. The molecule has 0 bridgehead atoms. The average molecular weight is 335 g/mol. The van der Waals surface area contributed by atoms with Crippen LogP contribution in [0, 0.1) is 0 Å². The van der Waals surface area contributed by atoms with Crippen LogP contribution in [0.3, 0.4) is 0 Å². The summed E-state index contributed by atoms with van der Waals surface area (Å²) >= 11 is 0. The predicted molar refractivity (Wildman–Crippen MR) is 101 cm³/mol. The molecule has 2 unspecified atom stereocenters. The first-order valence-electron chi connectivity index (χ1n) is 8.97. The smallest absolute Gasteiger partial charge is 0.191 e. The normalized spacial score (nSPS) is 14.1. The van der Waals surface area contributed by atoms with Crippen LogP contribution in [0.5, 0.6) is 5.75 Å². The highest BCUT2D eigenvalue weighted by molar-refractivity contribution is 5.80. The number of aliphatic hydroxyl groups excluding tert-OH is 1. The van der Waals surface area contributed by atoms with Crippen LogP contribution < -0.4 is 15.4 Å². The van der Waals surface area contributed by atoms with Gasteiger partial charge in [0.05, 0.1) is 19.8 Å². The standard InChI is InChI=1S/C19H33N3O2/c1-5-7-8-9-15(3)22-19(20-6-2)21-14-18(23)16-10-12-17(24-4)13-11-16/h10-13,15,18,23H,5-9,14H2,1-4H3,(H2,20,21,22). The van der Waals surface area contributed by atoms with Gasteiger partial charge in [0.15, 0.2) is 5.96 Å². The number of hydrogen-bond acceptors (Lipinski definition) is 3. The summed E-state index contributed by atoms with van der Waals surface area (Å²) in [5.74, 6) is 1.54. The summed E-state index contributed by atoms with van der Waals surface area (Å²) in [6.07, 6.45) is 4.21. The van der Waals surface area contributed by atoms with Crippen molar-refractivity contribution < 1.29 is 9.84 Å². The molecule has 24 heavy (non-hydrogen) atoms. The number of rotatable bonds is 10. The third-order valence-electron chi connectivity index (χ3n) is 3.89. The zero-order valence-electron chi connectivity index (χ0n) is 15.5. The minimum Gasteiger partial charge on any atom is -0.497 e. The molecular weight excluding hydrogens is 302 g/mol. The second kappa shape index (κ2) is 11.7. The minimum absolute atomic E-state index is 0.323. The Kier molecular flexibility index (Phi) is 9.92. The molecule has 1 aromatic rings. The lowest BCUT2D eigenvalue weighted by atomic mass is 10.1. The number of nitrogens with one attached hydrogen (secondary N) is 2. The van der Waals surface area contributed by atoms with Crippen LogP contribution >= 0.6 is 0 Å². The molecule has 1 rings (SSSR count). The van der Waals surface area contributed by atoms with Gasteiger partial charge in [-0.1, -0.05) is 38.3 Å². The van der Waals surface area contributed by atoms with Gasteiger partial charge in [-0.25, -0.2) is 0 Å². The molecule has 5 nitrogen and oxygen atoms in total. The van der Waals surface area contributed by atoms with E-state index in [1.54, 1.807) is 7.11 Å². The number of unbranched alkanes of at least 4 members (excludes halogenated alkanes) is 2. The summed E-state index contributed by atoms with van der Waals surface area (Å²) in [6, 6.07) is 7.80. The summed E-state index contributed by atoms with van der Waals surface area (Å²) in [6.45, 7) is 7.54. The van der Waals surface area contributed by atoms with Gasteiger partial charge < -0.3 is 20.5 Å². The molecule has 0 saturated heterocycles. The summed E-state index contributed by atoms with van der Waals surface area (Å²) in [5, 5.41) is 17.0. The van der Waals surface area contributed by atoms with Gasteiger partial charge in [-0.2, -0.15) is 0 Å². The minimum atomic E-state index is -0.623. The van der Waals surface area contributed by atoms with Crippen molar-refractivity contribution in [1.82, 2.24) is 10.6 Å². The number of hydrogen-bond donors (Lipinski definition) is 3. The van der Waals surface area contributed by atoms with Gasteiger partial charge in [0.1, 0.15) is 5.75 Å². The molecular formula is C19H33N3O2. The van der Waals surface area contributed by atoms with Crippen LogP contribution in [-0.2, 0) is 0 Å². The number of ether oxygens (including phenoxy) is 1. The van der Waals surface area contributed by atoms with Crippen LogP contribution in [0.2, 0.25) is 0 Å². The van der Waals surface area contributed by atoms with E-state index in [1.807, 2.05) is 31.2 Å². The molecule has 0 aliphatic heterocycles. The van der Waals surface area contributed by atoms with Gasteiger partial charge >= 0.3 is 0 Å². The highest BCUT2D eigenvalue weighted by Gasteiger charge is 2.09. The molecule has 0 aromatic heterocycles. The van der Waals surface area contributed by atoms with Crippen molar-refractivity contribution in [2.75, 3.05) is 20.2 Å². The van der Waals surface area contributed by atoms with E-state index in [0.717, 1.165) is 30.2 Å². The number of benzene rings is 1. The Balaban J connectivity index is 2.56. The molecule has 136 valence electrons. The molecule has 0 aliphatic rings. The fraction of sp³-hybridized carbons (Fsp3) is 0.632. The van der Waals surface area contributed by atoms with Gasteiger partial charge in [0.25, 0.3) is 0 Å². The summed E-state index contributed by atoms with van der Waals surface area (Å²) < 4.78 is 5.13. The second-order valence-electron chi connectivity index (χ2n) is 6.05. The number of aliphatic imine (C=N–C) groups is 1. The van der Waals surface area contributed by atoms with Gasteiger partial charge in [-0.3, -0.25) is 4.99 Å². The fourth-order valence-corrected chi connectivity index (χ4v) is 2.44. The molecule has 0 spiro atoms. The second-order valence-corrected chi connectivity index (χ2v) is 6.05. The average Bonchev–Trinajstić information content (AvgIpc) is 2.60. The lowest BCUT2D eigenvalue weighted by molar-refractivity contribution is 0.187. The van der Waals surface area contributed by atoms with Gasteiger partial charge in [-0.15, -0.1) is 0 Å². The van der Waals surface area contributed by atoms with E-state index in [0.29, 0.717) is 12.6 Å². The number of aliphatic hydroxyl groups is 1. The van der Waals surface area contributed by atoms with E-state index in [2.05, 4.69) is 29.5 Å². The van der Waals surface area contributed by atoms with E-state index >= 15 is 0 Å². The Morgan fingerprint density at radius 2 is 1.92 bits per heavy atom. The Morgan fingerprint density at radius 3 is 2.50 bits per heavy atom. The third-order valence-corrected chi connectivity index (χ3v) is 3.89. The topological polar surface area (TPSA) is 65.9 Å². The molecule has 2 atom stereocenters. The van der Waals surface area contributed by atoms with E-state index in [-0.39, 0.29) is 0 Å². The van der Waals surface area contributed by atoms with Crippen molar-refractivity contribution in [3.05, 3.63) is 29.8 Å². The van der Waals surface area contributed by atoms with Gasteiger partial charge in [0.2, 0.25) is 0 Å². The lowest BCUT2D eigenvalue weighted by Crippen LogP contribution is -2.42. The zero-order chi connectivity index (χ0) is 17.8. The largest absolute Gasteiger partial charge is 0.497 e. The Bertz CT molecular complexity index is 474. The quantitative estimate of drug-likeness (QED) is 0.349. The molecule has 0 saturated carbocycles. The van der Waals surface area contributed by atoms with Crippen molar-refractivity contribution >= 4 is 5.96 Å². The summed E-state index contributed by atoms with van der Waals surface area (Å²) in [5.41, 5.74) is 0.839. The molecule has 1 aromatic carbocycles. The van der Waals surface area contributed by atoms with Crippen LogP contribution in [0.4, 0.5) is 0 Å². The zero-order valence-corrected chi connectivity index (χ0v) is 15.5. The van der Waals surface area contributed by atoms with Crippen molar-refractivity contribution in [2.24, 2.45) is 4.99 Å². The van der Waals surface area contributed by atoms with Crippen molar-refractivity contribution in [2.45, 2.75) is 58.6 Å². The monoisotopic (exact) mass is 335 g/mol. The van der Waals surface area contributed by atoms with Crippen molar-refractivity contribution in [1.29, 1.82) is 0 Å². The molecule has 5 heteroatoms. The SMILES string of the molecule is CCCCCC(C)NC(=NCC(O)c1ccc(OC)cc1)NCC. The van der Waals surface area contributed by atoms with E-state index in [1.165, 1.54) is 19.3 Å². The highest BCUT2D eigenvalue weighted by Crippen LogP contribution is 2.17. The van der Waals surface area contributed by atoms with Gasteiger partial charge in [-0.05, 0) is 38.0 Å². The van der Waals surface area contributed by atoms with E-state index in [9.17, 15) is 5.11 Å². The van der Waals surface area contributed by atoms with Crippen molar-refractivity contribution in [3.63, 3.8) is 0 Å². The lowest BCUT2D eigenvalue weighted by Gasteiger charge is -2.18. The van der Waals surface area contributed by atoms with Gasteiger partial charge in [0, 0.05) is 12.6 Å². The molecule has 3 N–H and O–H groups in total. The summed E-state index contributed by atoms with van der Waals surface area (Å²) in [7, 11) is 1.63. The maximum absolute atomic E-state index is 10.3. The number of methoxy groups -OCH3 is 1. The Hall–Kier alpha value is -1.75. The molecule has 0 amide bonds. The first-order chi connectivity index (χ1) is 11.6. The predicted octanol–water partition coefficient (Wildman–Crippen LogP) is 3.25. The Morgan fingerprint density at radius 1 is 1.21 bits per heavy atom. The maximum Gasteiger partial charge on any atom is 0.191 e. The van der Waals surface area contributed by atoms with Crippen LogP contribution in [0.25, 0.3) is 0 Å². The fourth-order valence-electron chi connectivity index (χ4n) is 2.44. The third kappa shape index (κ3) is 7.68. The highest BCUT2D eigenvalue weighted by atomic mass is 16.5. The maximum atomic E-state index is 10.3. The van der Waals surface area contributed by atoms with Crippen LogP contribution in [0.1, 0.15) is 58.1 Å². The van der Waals surface area contributed by atoms with Crippen molar-refractivity contribution in [3.8, 4) is 5.75 Å². The van der Waals surface area contributed by atoms with E-state index < -0.39 is 6.10 Å².